The van der Waals surface area contributed by atoms with E-state index in [1.54, 1.807) is 7.11 Å². The van der Waals surface area contributed by atoms with E-state index in [9.17, 15) is 0 Å². The Labute approximate surface area is 123 Å². The molecule has 0 aromatic heterocycles. The molecule has 1 aromatic carbocycles. The molecule has 1 saturated heterocycles. The summed E-state index contributed by atoms with van der Waals surface area (Å²) < 4.78 is 5.74. The first-order valence-corrected chi connectivity index (χ1v) is 7.57. The van der Waals surface area contributed by atoms with Gasteiger partial charge in [-0.05, 0) is 49.9 Å². The molecule has 0 radical (unpaired) electrons. The van der Waals surface area contributed by atoms with Crippen LogP contribution in [-0.4, -0.2) is 32.1 Å². The summed E-state index contributed by atoms with van der Waals surface area (Å²) in [5.41, 5.74) is 9.88. The molecule has 0 spiro atoms. The van der Waals surface area contributed by atoms with Gasteiger partial charge in [-0.15, -0.1) is 0 Å². The second-order valence-corrected chi connectivity index (χ2v) is 6.37. The number of methoxy groups -OCH3 is 1. The average molecular weight is 276 g/mol. The maximum Gasteiger partial charge on any atom is 0.126 e. The van der Waals surface area contributed by atoms with Crippen molar-refractivity contribution < 1.29 is 4.74 Å². The van der Waals surface area contributed by atoms with Crippen LogP contribution in [0.25, 0.3) is 0 Å². The zero-order valence-electron chi connectivity index (χ0n) is 13.4. The van der Waals surface area contributed by atoms with Crippen molar-refractivity contribution in [1.29, 1.82) is 0 Å². The van der Waals surface area contributed by atoms with Gasteiger partial charge in [0, 0.05) is 18.2 Å². The van der Waals surface area contributed by atoms with E-state index in [4.69, 9.17) is 10.5 Å². The summed E-state index contributed by atoms with van der Waals surface area (Å²) in [6.45, 7) is 8.48. The third kappa shape index (κ3) is 2.70. The Morgan fingerprint density at radius 3 is 2.60 bits per heavy atom. The van der Waals surface area contributed by atoms with Gasteiger partial charge < -0.3 is 10.5 Å². The first kappa shape index (κ1) is 15.3. The molecule has 1 aromatic rings. The summed E-state index contributed by atoms with van der Waals surface area (Å²) in [5.74, 6) is 2.16. The minimum atomic E-state index is 0.427. The normalized spacial score (nSPS) is 23.6. The lowest BCUT2D eigenvalue weighted by atomic mass is 9.88. The fraction of sp³-hybridized carbons (Fsp3) is 0.647. The minimum Gasteiger partial charge on any atom is -0.496 e. The van der Waals surface area contributed by atoms with E-state index < -0.39 is 0 Å². The standard InChI is InChI=1S/C17H28N2O/c1-11(2)14-7-6-12(3)17(20-5)16(14)15-8-13(9-18)10-19(15)4/h6-7,11,13,15H,8-10,18H2,1-5H3. The highest BCUT2D eigenvalue weighted by molar-refractivity contribution is 5.49. The SMILES string of the molecule is COc1c(C)ccc(C(C)C)c1C1CC(CN)CN1C. The molecular formula is C17H28N2O. The molecule has 1 aliphatic rings. The lowest BCUT2D eigenvalue weighted by molar-refractivity contribution is 0.300. The van der Waals surface area contributed by atoms with Crippen LogP contribution in [-0.2, 0) is 0 Å². The highest BCUT2D eigenvalue weighted by Gasteiger charge is 2.33. The molecule has 2 N–H and O–H groups in total. The third-order valence-electron chi connectivity index (χ3n) is 4.55. The number of benzene rings is 1. The first-order valence-electron chi connectivity index (χ1n) is 7.57. The second-order valence-electron chi connectivity index (χ2n) is 6.37. The van der Waals surface area contributed by atoms with Crippen molar-refractivity contribution in [2.45, 2.75) is 39.2 Å². The maximum atomic E-state index is 5.88. The van der Waals surface area contributed by atoms with Crippen molar-refractivity contribution in [3.8, 4) is 5.75 Å². The van der Waals surface area contributed by atoms with Crippen LogP contribution in [0.2, 0.25) is 0 Å². The van der Waals surface area contributed by atoms with E-state index in [-0.39, 0.29) is 0 Å². The topological polar surface area (TPSA) is 38.5 Å². The van der Waals surface area contributed by atoms with E-state index in [1.807, 2.05) is 0 Å². The van der Waals surface area contributed by atoms with Gasteiger partial charge in [-0.2, -0.15) is 0 Å². The molecule has 0 amide bonds. The van der Waals surface area contributed by atoms with Crippen LogP contribution in [0.15, 0.2) is 12.1 Å². The van der Waals surface area contributed by atoms with Crippen molar-refractivity contribution in [1.82, 2.24) is 4.90 Å². The monoisotopic (exact) mass is 276 g/mol. The van der Waals surface area contributed by atoms with Gasteiger partial charge in [-0.1, -0.05) is 26.0 Å². The van der Waals surface area contributed by atoms with Crippen LogP contribution >= 0.6 is 0 Å². The first-order chi connectivity index (χ1) is 9.49. The number of hydrogen-bond acceptors (Lipinski definition) is 3. The van der Waals surface area contributed by atoms with E-state index >= 15 is 0 Å². The van der Waals surface area contributed by atoms with Gasteiger partial charge in [-0.25, -0.2) is 0 Å². The predicted octanol–water partition coefficient (Wildman–Crippen LogP) is 3.08. The summed E-state index contributed by atoms with van der Waals surface area (Å²) in [7, 11) is 3.98. The number of rotatable bonds is 4. The van der Waals surface area contributed by atoms with Gasteiger partial charge in [0.25, 0.3) is 0 Å². The number of ether oxygens (including phenoxy) is 1. The molecule has 1 heterocycles. The van der Waals surface area contributed by atoms with Gasteiger partial charge in [0.15, 0.2) is 0 Å². The van der Waals surface area contributed by atoms with Crippen molar-refractivity contribution >= 4 is 0 Å². The molecule has 2 unspecified atom stereocenters. The fourth-order valence-electron chi connectivity index (χ4n) is 3.46. The molecule has 0 saturated carbocycles. The van der Waals surface area contributed by atoms with Crippen LogP contribution in [0.4, 0.5) is 0 Å². The van der Waals surface area contributed by atoms with Crippen molar-refractivity contribution in [3.05, 3.63) is 28.8 Å². The van der Waals surface area contributed by atoms with E-state index in [0.29, 0.717) is 17.9 Å². The van der Waals surface area contributed by atoms with E-state index in [2.05, 4.69) is 44.9 Å². The van der Waals surface area contributed by atoms with E-state index in [0.717, 1.165) is 25.3 Å². The summed E-state index contributed by atoms with van der Waals surface area (Å²) in [6.07, 6.45) is 1.13. The van der Waals surface area contributed by atoms with Crippen LogP contribution in [0, 0.1) is 12.8 Å². The molecule has 3 heteroatoms. The Hall–Kier alpha value is -1.06. The Bertz CT molecular complexity index is 470. The van der Waals surface area contributed by atoms with Gasteiger partial charge in [0.1, 0.15) is 5.75 Å². The quantitative estimate of drug-likeness (QED) is 0.918. The number of nitrogens with zero attached hydrogens (tertiary/aromatic N) is 1. The van der Waals surface area contributed by atoms with Gasteiger partial charge in [-0.3, -0.25) is 4.90 Å². The summed E-state index contributed by atoms with van der Waals surface area (Å²) in [6, 6.07) is 4.87. The number of aryl methyl sites for hydroxylation is 1. The van der Waals surface area contributed by atoms with Crippen LogP contribution in [0.1, 0.15) is 48.9 Å². The summed E-state index contributed by atoms with van der Waals surface area (Å²) >= 11 is 0. The minimum absolute atomic E-state index is 0.427. The Morgan fingerprint density at radius 2 is 2.10 bits per heavy atom. The van der Waals surface area contributed by atoms with Gasteiger partial charge in [0.05, 0.1) is 7.11 Å². The highest BCUT2D eigenvalue weighted by Crippen LogP contribution is 2.43. The molecule has 1 aliphatic heterocycles. The molecular weight excluding hydrogens is 248 g/mol. The number of likely N-dealkylation sites (tertiary alicyclic amines) is 1. The lowest BCUT2D eigenvalue weighted by Crippen LogP contribution is -2.22. The zero-order chi connectivity index (χ0) is 14.9. The number of nitrogens with two attached hydrogens (primary N) is 1. The van der Waals surface area contributed by atoms with Crippen LogP contribution in [0.5, 0.6) is 5.75 Å². The smallest absolute Gasteiger partial charge is 0.126 e. The molecule has 0 bridgehead atoms. The number of hydrogen-bond donors (Lipinski definition) is 1. The lowest BCUT2D eigenvalue weighted by Gasteiger charge is -2.27. The molecule has 2 rings (SSSR count). The summed E-state index contributed by atoms with van der Waals surface area (Å²) in [5, 5.41) is 0. The van der Waals surface area contributed by atoms with Crippen LogP contribution in [0.3, 0.4) is 0 Å². The molecule has 0 aliphatic carbocycles. The fourth-order valence-corrected chi connectivity index (χ4v) is 3.46. The predicted molar refractivity (Wildman–Crippen MR) is 84.4 cm³/mol. The maximum absolute atomic E-state index is 5.88. The van der Waals surface area contributed by atoms with Crippen LogP contribution < -0.4 is 10.5 Å². The molecule has 2 atom stereocenters. The third-order valence-corrected chi connectivity index (χ3v) is 4.55. The largest absolute Gasteiger partial charge is 0.496 e. The van der Waals surface area contributed by atoms with Crippen molar-refractivity contribution in [3.63, 3.8) is 0 Å². The van der Waals surface area contributed by atoms with Gasteiger partial charge >= 0.3 is 0 Å². The molecule has 1 fully saturated rings. The van der Waals surface area contributed by atoms with Crippen molar-refractivity contribution in [2.24, 2.45) is 11.7 Å². The summed E-state index contributed by atoms with van der Waals surface area (Å²) in [4.78, 5) is 2.43. The zero-order valence-corrected chi connectivity index (χ0v) is 13.4. The Kier molecular flexibility index (Phi) is 4.71. The Balaban J connectivity index is 2.50. The Morgan fingerprint density at radius 1 is 1.40 bits per heavy atom. The molecule has 20 heavy (non-hydrogen) atoms. The second kappa shape index (κ2) is 6.15. The average Bonchev–Trinajstić information content (AvgIpc) is 2.79. The molecule has 3 nitrogen and oxygen atoms in total. The van der Waals surface area contributed by atoms with Crippen molar-refractivity contribution in [2.75, 3.05) is 27.2 Å². The molecule has 112 valence electrons. The highest BCUT2D eigenvalue weighted by atomic mass is 16.5. The van der Waals surface area contributed by atoms with E-state index in [1.165, 1.54) is 16.7 Å². The van der Waals surface area contributed by atoms with Gasteiger partial charge in [0.2, 0.25) is 0 Å².